The van der Waals surface area contributed by atoms with Crippen LogP contribution in [0.15, 0.2) is 71.7 Å². The molecule has 186 valence electrons. The molecule has 2 aromatic carbocycles. The van der Waals surface area contributed by atoms with Gasteiger partial charge in [-0.15, -0.1) is 0 Å². The lowest BCUT2D eigenvalue weighted by molar-refractivity contribution is -0.140. The first-order valence-corrected chi connectivity index (χ1v) is 12.2. The minimum absolute atomic E-state index is 0.0336. The van der Waals surface area contributed by atoms with Gasteiger partial charge in [0.05, 0.1) is 23.1 Å². The highest BCUT2D eigenvalue weighted by Crippen LogP contribution is 2.39. The lowest BCUT2D eigenvalue weighted by Gasteiger charge is -2.25. The highest BCUT2D eigenvalue weighted by Gasteiger charge is 2.45. The van der Waals surface area contributed by atoms with Crippen LogP contribution in [-0.2, 0) is 24.3 Å². The Balaban J connectivity index is 2.08. The van der Waals surface area contributed by atoms with Gasteiger partial charge in [0, 0.05) is 33.3 Å². The second-order valence-electron chi connectivity index (χ2n) is 7.97. The molecule has 1 saturated heterocycles. The molecule has 35 heavy (non-hydrogen) atoms. The van der Waals surface area contributed by atoms with Crippen LogP contribution in [0, 0.1) is 0 Å². The second-order valence-corrected chi connectivity index (χ2v) is 10.1. The van der Waals surface area contributed by atoms with Crippen molar-refractivity contribution in [2.24, 2.45) is 0 Å². The van der Waals surface area contributed by atoms with E-state index in [9.17, 15) is 23.1 Å². The first kappa shape index (κ1) is 26.1. The molecular formula is C25H28N2O7S. The van der Waals surface area contributed by atoms with E-state index in [1.54, 1.807) is 30.3 Å². The van der Waals surface area contributed by atoms with E-state index in [-0.39, 0.29) is 29.2 Å². The molecule has 1 amide bonds. The number of likely N-dealkylation sites (tertiary alicyclic amines) is 1. The van der Waals surface area contributed by atoms with Crippen LogP contribution in [0.4, 0.5) is 0 Å². The standard InChI is InChI=1S/C25H28N2O7S/c1-5-15-34-19-10-6-17(7-11-19)22-21(24(29)25(30)27(22)14-16-33-4)23(28)18-8-12-20(13-9-18)35(31,32)26(2)3/h5-13,22,28H,1,14-16H2,2-4H3/b23-21+. The Morgan fingerprint density at radius 1 is 1.11 bits per heavy atom. The number of benzene rings is 2. The number of hydrogen-bond donors (Lipinski definition) is 1. The van der Waals surface area contributed by atoms with Crippen molar-refractivity contribution >= 4 is 27.5 Å². The number of hydrogen-bond acceptors (Lipinski definition) is 7. The maximum absolute atomic E-state index is 13.0. The largest absolute Gasteiger partial charge is 0.507 e. The lowest BCUT2D eigenvalue weighted by Crippen LogP contribution is -2.32. The smallest absolute Gasteiger partial charge is 0.295 e. The summed E-state index contributed by atoms with van der Waals surface area (Å²) in [4.78, 5) is 27.3. The Morgan fingerprint density at radius 3 is 2.29 bits per heavy atom. The Hall–Kier alpha value is -3.47. The van der Waals surface area contributed by atoms with Gasteiger partial charge in [-0.2, -0.15) is 0 Å². The van der Waals surface area contributed by atoms with E-state index in [4.69, 9.17) is 9.47 Å². The highest BCUT2D eigenvalue weighted by molar-refractivity contribution is 7.89. The number of sulfonamides is 1. The van der Waals surface area contributed by atoms with Gasteiger partial charge < -0.3 is 19.5 Å². The zero-order valence-corrected chi connectivity index (χ0v) is 20.6. The van der Waals surface area contributed by atoms with Crippen LogP contribution in [0.25, 0.3) is 5.76 Å². The van der Waals surface area contributed by atoms with Crippen molar-refractivity contribution in [1.29, 1.82) is 0 Å². The van der Waals surface area contributed by atoms with Gasteiger partial charge in [-0.05, 0) is 42.0 Å². The molecule has 3 rings (SSSR count). The third-order valence-electron chi connectivity index (χ3n) is 5.55. The first-order chi connectivity index (χ1) is 16.6. The molecule has 0 aromatic heterocycles. The summed E-state index contributed by atoms with van der Waals surface area (Å²) in [6, 6.07) is 11.5. The van der Waals surface area contributed by atoms with Gasteiger partial charge >= 0.3 is 0 Å². The molecule has 0 bridgehead atoms. The predicted molar refractivity (Wildman–Crippen MR) is 130 cm³/mol. The van der Waals surface area contributed by atoms with E-state index in [0.717, 1.165) is 4.31 Å². The second kappa shape index (κ2) is 10.9. The maximum Gasteiger partial charge on any atom is 0.295 e. The zero-order valence-electron chi connectivity index (χ0n) is 19.8. The van der Waals surface area contributed by atoms with Gasteiger partial charge in [0.15, 0.2) is 0 Å². The summed E-state index contributed by atoms with van der Waals surface area (Å²) >= 11 is 0. The molecule has 2 aromatic rings. The van der Waals surface area contributed by atoms with Crippen molar-refractivity contribution in [1.82, 2.24) is 9.21 Å². The van der Waals surface area contributed by atoms with Crippen molar-refractivity contribution in [3.8, 4) is 5.75 Å². The fourth-order valence-corrected chi connectivity index (χ4v) is 4.60. The molecule has 10 heteroatoms. The van der Waals surface area contributed by atoms with Crippen molar-refractivity contribution in [3.05, 3.63) is 77.9 Å². The molecule has 9 nitrogen and oxygen atoms in total. The Morgan fingerprint density at radius 2 is 1.74 bits per heavy atom. The highest BCUT2D eigenvalue weighted by atomic mass is 32.2. The van der Waals surface area contributed by atoms with Crippen LogP contribution in [0.1, 0.15) is 17.2 Å². The van der Waals surface area contributed by atoms with Gasteiger partial charge in [-0.1, -0.05) is 24.8 Å². The van der Waals surface area contributed by atoms with Gasteiger partial charge in [-0.3, -0.25) is 9.59 Å². The lowest BCUT2D eigenvalue weighted by atomic mass is 9.95. The van der Waals surface area contributed by atoms with E-state index < -0.39 is 33.5 Å². The summed E-state index contributed by atoms with van der Waals surface area (Å²) < 4.78 is 36.4. The molecule has 0 radical (unpaired) electrons. The molecule has 1 heterocycles. The quantitative estimate of drug-likeness (QED) is 0.231. The van der Waals surface area contributed by atoms with Gasteiger partial charge in [0.1, 0.15) is 18.1 Å². The Kier molecular flexibility index (Phi) is 8.11. The normalized spacial score (nSPS) is 17.7. The van der Waals surface area contributed by atoms with Crippen molar-refractivity contribution in [2.45, 2.75) is 10.9 Å². The minimum atomic E-state index is -3.67. The summed E-state index contributed by atoms with van der Waals surface area (Å²) in [6.45, 7) is 4.27. The Labute approximate surface area is 204 Å². The third-order valence-corrected chi connectivity index (χ3v) is 7.38. The number of carbonyl (C=O) groups is 2. The molecule has 1 aliphatic heterocycles. The Bertz CT molecular complexity index is 1230. The number of Topliss-reactive ketones (excluding diaryl/α,β-unsaturated/α-hetero) is 1. The summed E-state index contributed by atoms with van der Waals surface area (Å²) in [6.07, 6.45) is 1.61. The number of carbonyl (C=O) groups excluding carboxylic acids is 2. The van der Waals surface area contributed by atoms with E-state index in [1.165, 1.54) is 50.4 Å². The molecular weight excluding hydrogens is 472 g/mol. The topological polar surface area (TPSA) is 113 Å². The average molecular weight is 501 g/mol. The molecule has 1 unspecified atom stereocenters. The van der Waals surface area contributed by atoms with Crippen LogP contribution in [0.3, 0.4) is 0 Å². The number of methoxy groups -OCH3 is 1. The fourth-order valence-electron chi connectivity index (χ4n) is 3.70. The molecule has 1 fully saturated rings. The van der Waals surface area contributed by atoms with Crippen molar-refractivity contribution in [2.75, 3.05) is 41.0 Å². The van der Waals surface area contributed by atoms with Crippen molar-refractivity contribution < 1.29 is 32.6 Å². The predicted octanol–water partition coefficient (Wildman–Crippen LogP) is 2.57. The maximum atomic E-state index is 13.0. The first-order valence-electron chi connectivity index (χ1n) is 10.8. The van der Waals surface area contributed by atoms with Crippen LogP contribution in [0.2, 0.25) is 0 Å². The number of ketones is 1. The number of aliphatic hydroxyl groups excluding tert-OH is 1. The van der Waals surface area contributed by atoms with Crippen LogP contribution in [-0.4, -0.2) is 75.4 Å². The van der Waals surface area contributed by atoms with E-state index >= 15 is 0 Å². The van der Waals surface area contributed by atoms with Crippen LogP contribution >= 0.6 is 0 Å². The van der Waals surface area contributed by atoms with Gasteiger partial charge in [0.2, 0.25) is 10.0 Å². The van der Waals surface area contributed by atoms with E-state index in [1.807, 2.05) is 0 Å². The average Bonchev–Trinajstić information content (AvgIpc) is 3.10. The van der Waals surface area contributed by atoms with Gasteiger partial charge in [0.25, 0.3) is 11.7 Å². The van der Waals surface area contributed by atoms with Crippen LogP contribution in [0.5, 0.6) is 5.75 Å². The SMILES string of the molecule is C=CCOc1ccc(C2/C(=C(\O)c3ccc(S(=O)(=O)N(C)C)cc3)C(=O)C(=O)N2CCOC)cc1. The number of nitrogens with zero attached hydrogens (tertiary/aromatic N) is 2. The monoisotopic (exact) mass is 500 g/mol. The summed E-state index contributed by atoms with van der Waals surface area (Å²) in [5.41, 5.74) is 0.720. The molecule has 0 aliphatic carbocycles. The molecule has 1 N–H and O–H groups in total. The molecule has 0 saturated carbocycles. The van der Waals surface area contributed by atoms with E-state index in [0.29, 0.717) is 17.9 Å². The van der Waals surface area contributed by atoms with Crippen molar-refractivity contribution in [3.63, 3.8) is 0 Å². The van der Waals surface area contributed by atoms with Gasteiger partial charge in [-0.25, -0.2) is 12.7 Å². The summed E-state index contributed by atoms with van der Waals surface area (Å²) in [5.74, 6) is -1.40. The third kappa shape index (κ3) is 5.29. The summed E-state index contributed by atoms with van der Waals surface area (Å²) in [7, 11) is 0.650. The number of aliphatic hydroxyl groups is 1. The number of rotatable bonds is 10. The van der Waals surface area contributed by atoms with Crippen LogP contribution < -0.4 is 4.74 Å². The zero-order chi connectivity index (χ0) is 25.8. The summed E-state index contributed by atoms with van der Waals surface area (Å²) in [5, 5.41) is 11.1. The number of amides is 1. The molecule has 0 spiro atoms. The van der Waals surface area contributed by atoms with E-state index in [2.05, 4.69) is 6.58 Å². The fraction of sp³-hybridized carbons (Fsp3) is 0.280. The molecule has 1 atom stereocenters. The minimum Gasteiger partial charge on any atom is -0.507 e. The number of ether oxygens (including phenoxy) is 2. The molecule has 1 aliphatic rings.